The summed E-state index contributed by atoms with van der Waals surface area (Å²) < 4.78 is 1.64. The number of nitrogens with one attached hydrogen (secondary N) is 1. The van der Waals surface area contributed by atoms with Crippen molar-refractivity contribution in [3.63, 3.8) is 0 Å². The highest BCUT2D eigenvalue weighted by molar-refractivity contribution is 8.00. The van der Waals surface area contributed by atoms with Gasteiger partial charge in [-0.15, -0.1) is 22.0 Å². The van der Waals surface area contributed by atoms with Crippen molar-refractivity contribution in [3.05, 3.63) is 60.9 Å². The molecule has 0 aliphatic rings. The van der Waals surface area contributed by atoms with Gasteiger partial charge in [0.05, 0.1) is 5.75 Å². The fourth-order valence-corrected chi connectivity index (χ4v) is 3.80. The highest BCUT2D eigenvalue weighted by Crippen LogP contribution is 2.27. The largest absolute Gasteiger partial charge is 0.325 e. The van der Waals surface area contributed by atoms with E-state index in [1.807, 2.05) is 54.6 Å². The van der Waals surface area contributed by atoms with Gasteiger partial charge in [0.25, 0.3) is 0 Å². The minimum absolute atomic E-state index is 0.0378. The molecule has 0 aliphatic carbocycles. The maximum atomic E-state index is 12.2. The van der Waals surface area contributed by atoms with Crippen molar-refractivity contribution >= 4 is 39.7 Å². The first-order valence-corrected chi connectivity index (χ1v) is 9.33. The second-order valence-corrected chi connectivity index (χ2v) is 7.20. The highest BCUT2D eigenvalue weighted by atomic mass is 32.2. The molecule has 0 unspecified atom stereocenters. The fraction of sp³-hybridized carbons (Fsp3) is 0.0588. The number of benzene rings is 2. The molecule has 4 aromatic rings. The second kappa shape index (κ2) is 7.04. The third kappa shape index (κ3) is 3.70. The van der Waals surface area contributed by atoms with Crippen molar-refractivity contribution < 1.29 is 4.79 Å². The highest BCUT2D eigenvalue weighted by Gasteiger charge is 2.09. The predicted octanol–water partition coefficient (Wildman–Crippen LogP) is 3.58. The lowest BCUT2D eigenvalue weighted by Crippen LogP contribution is -2.13. The van der Waals surface area contributed by atoms with Crippen LogP contribution in [0.4, 0.5) is 5.69 Å². The van der Waals surface area contributed by atoms with Gasteiger partial charge in [0.2, 0.25) is 10.9 Å². The molecule has 0 atom stereocenters. The SMILES string of the molecule is O=C(CSc1ccccc1)Nc1cccc(-c2nn3cnnc3s2)c1. The zero-order valence-corrected chi connectivity index (χ0v) is 14.6. The number of rotatable bonds is 5. The summed E-state index contributed by atoms with van der Waals surface area (Å²) in [5, 5.41) is 16.0. The molecular weight excluding hydrogens is 354 g/mol. The first-order chi connectivity index (χ1) is 12.3. The molecule has 6 nitrogen and oxygen atoms in total. The van der Waals surface area contributed by atoms with E-state index in [0.29, 0.717) is 5.75 Å². The summed E-state index contributed by atoms with van der Waals surface area (Å²) in [5.41, 5.74) is 1.69. The molecule has 25 heavy (non-hydrogen) atoms. The Morgan fingerprint density at radius 1 is 1.16 bits per heavy atom. The molecule has 0 bridgehead atoms. The number of carbonyl (C=O) groups is 1. The van der Waals surface area contributed by atoms with Crippen LogP contribution < -0.4 is 5.32 Å². The zero-order valence-electron chi connectivity index (χ0n) is 13.0. The van der Waals surface area contributed by atoms with Gasteiger partial charge in [0.1, 0.15) is 11.3 Å². The Labute approximate surface area is 151 Å². The van der Waals surface area contributed by atoms with Gasteiger partial charge in [0, 0.05) is 16.1 Å². The summed E-state index contributed by atoms with van der Waals surface area (Å²) >= 11 is 2.97. The minimum atomic E-state index is -0.0378. The van der Waals surface area contributed by atoms with Gasteiger partial charge in [-0.05, 0) is 24.3 Å². The van der Waals surface area contributed by atoms with Gasteiger partial charge in [-0.1, -0.05) is 41.7 Å². The van der Waals surface area contributed by atoms with Crippen molar-refractivity contribution in [1.29, 1.82) is 0 Å². The maximum absolute atomic E-state index is 12.2. The lowest BCUT2D eigenvalue weighted by atomic mass is 10.2. The quantitative estimate of drug-likeness (QED) is 0.546. The van der Waals surface area contributed by atoms with Crippen molar-refractivity contribution in [2.75, 3.05) is 11.1 Å². The minimum Gasteiger partial charge on any atom is -0.325 e. The lowest BCUT2D eigenvalue weighted by Gasteiger charge is -2.06. The number of hydrogen-bond donors (Lipinski definition) is 1. The summed E-state index contributed by atoms with van der Waals surface area (Å²) in [6.07, 6.45) is 1.57. The molecule has 0 fully saturated rings. The number of thioether (sulfide) groups is 1. The van der Waals surface area contributed by atoms with Crippen molar-refractivity contribution in [2.45, 2.75) is 4.90 Å². The van der Waals surface area contributed by atoms with Crippen molar-refractivity contribution in [1.82, 2.24) is 19.8 Å². The van der Waals surface area contributed by atoms with Crippen LogP contribution in [0.5, 0.6) is 0 Å². The average molecular weight is 367 g/mol. The van der Waals surface area contributed by atoms with Crippen LogP contribution in [0, 0.1) is 0 Å². The molecule has 2 heterocycles. The van der Waals surface area contributed by atoms with Crippen LogP contribution in [0.1, 0.15) is 0 Å². The fourth-order valence-electron chi connectivity index (χ4n) is 2.27. The van der Waals surface area contributed by atoms with E-state index in [-0.39, 0.29) is 5.91 Å². The van der Waals surface area contributed by atoms with Crippen LogP contribution in [0.2, 0.25) is 0 Å². The number of aromatic nitrogens is 4. The van der Waals surface area contributed by atoms with E-state index in [2.05, 4.69) is 20.6 Å². The Morgan fingerprint density at radius 3 is 2.88 bits per heavy atom. The van der Waals surface area contributed by atoms with E-state index in [4.69, 9.17) is 0 Å². The molecule has 124 valence electrons. The standard InChI is InChI=1S/C17H13N5OS2/c23-15(10-24-14-7-2-1-3-8-14)19-13-6-4-5-12(9-13)16-21-22-11-18-20-17(22)25-16/h1-9,11H,10H2,(H,19,23). The first-order valence-electron chi connectivity index (χ1n) is 7.53. The van der Waals surface area contributed by atoms with Crippen LogP contribution in [0.25, 0.3) is 15.5 Å². The maximum Gasteiger partial charge on any atom is 0.234 e. The second-order valence-electron chi connectivity index (χ2n) is 5.20. The summed E-state index contributed by atoms with van der Waals surface area (Å²) in [7, 11) is 0. The molecule has 0 radical (unpaired) electrons. The third-order valence-corrected chi connectivity index (χ3v) is 5.37. The molecular formula is C17H13N5OS2. The number of nitrogens with zero attached hydrogens (tertiary/aromatic N) is 4. The van der Waals surface area contributed by atoms with Crippen LogP contribution in [0.3, 0.4) is 0 Å². The zero-order chi connectivity index (χ0) is 17.1. The van der Waals surface area contributed by atoms with Gasteiger partial charge >= 0.3 is 0 Å². The van der Waals surface area contributed by atoms with Crippen LogP contribution >= 0.6 is 23.1 Å². The summed E-state index contributed by atoms with van der Waals surface area (Å²) in [6.45, 7) is 0. The van der Waals surface area contributed by atoms with E-state index in [1.54, 1.807) is 10.8 Å². The molecule has 2 aromatic heterocycles. The Morgan fingerprint density at radius 2 is 2.04 bits per heavy atom. The molecule has 1 N–H and O–H groups in total. The number of amides is 1. The predicted molar refractivity (Wildman–Crippen MR) is 99.9 cm³/mol. The third-order valence-electron chi connectivity index (χ3n) is 3.39. The van der Waals surface area contributed by atoms with Crippen LogP contribution in [-0.2, 0) is 4.79 Å². The van der Waals surface area contributed by atoms with Gasteiger partial charge in [0.15, 0.2) is 0 Å². The molecule has 1 amide bonds. The van der Waals surface area contributed by atoms with E-state index in [9.17, 15) is 4.79 Å². The number of fused-ring (bicyclic) bond motifs is 1. The van der Waals surface area contributed by atoms with Crippen molar-refractivity contribution in [3.8, 4) is 10.6 Å². The number of anilines is 1. The summed E-state index contributed by atoms with van der Waals surface area (Å²) in [4.78, 5) is 14.0. The Kier molecular flexibility index (Phi) is 4.45. The lowest BCUT2D eigenvalue weighted by molar-refractivity contribution is -0.113. The smallest absolute Gasteiger partial charge is 0.234 e. The monoisotopic (exact) mass is 367 g/mol. The van der Waals surface area contributed by atoms with Gasteiger partial charge in [-0.2, -0.15) is 9.61 Å². The molecule has 0 saturated carbocycles. The Bertz CT molecular complexity index is 984. The number of hydrogen-bond acceptors (Lipinski definition) is 6. The van der Waals surface area contributed by atoms with Gasteiger partial charge in [-0.3, -0.25) is 4.79 Å². The normalized spacial score (nSPS) is 10.9. The molecule has 0 saturated heterocycles. The van der Waals surface area contributed by atoms with E-state index in [1.165, 1.54) is 23.1 Å². The Balaban J connectivity index is 1.44. The van der Waals surface area contributed by atoms with Gasteiger partial charge in [-0.25, -0.2) is 0 Å². The van der Waals surface area contributed by atoms with E-state index < -0.39 is 0 Å². The van der Waals surface area contributed by atoms with Crippen LogP contribution in [-0.4, -0.2) is 31.5 Å². The molecule has 4 rings (SSSR count). The molecule has 8 heteroatoms. The molecule has 0 aliphatic heterocycles. The van der Waals surface area contributed by atoms with E-state index in [0.717, 1.165) is 26.1 Å². The first kappa shape index (κ1) is 15.8. The Hall–Kier alpha value is -2.71. The van der Waals surface area contributed by atoms with Crippen molar-refractivity contribution in [2.24, 2.45) is 0 Å². The molecule has 0 spiro atoms. The van der Waals surface area contributed by atoms with Crippen LogP contribution in [0.15, 0.2) is 65.8 Å². The molecule has 2 aromatic carbocycles. The summed E-state index contributed by atoms with van der Waals surface area (Å²) in [6, 6.07) is 17.5. The van der Waals surface area contributed by atoms with E-state index >= 15 is 0 Å². The summed E-state index contributed by atoms with van der Waals surface area (Å²) in [5.74, 6) is 0.328. The van der Waals surface area contributed by atoms with Gasteiger partial charge < -0.3 is 5.32 Å². The number of carbonyl (C=O) groups excluding carboxylic acids is 1. The topological polar surface area (TPSA) is 72.2 Å². The average Bonchev–Trinajstić information content (AvgIpc) is 3.23.